The molecule has 134 valence electrons. The maximum atomic E-state index is 12.1. The van der Waals surface area contributed by atoms with Gasteiger partial charge in [0.15, 0.2) is 11.0 Å². The molecule has 0 spiro atoms. The number of furan rings is 1. The van der Waals surface area contributed by atoms with Gasteiger partial charge in [0, 0.05) is 20.6 Å². The SMILES string of the molecule is CCn1c(SCc2ccc(S(=O)(=O)N(C)C)o2)nnc1-c1cccs1. The van der Waals surface area contributed by atoms with Crippen LogP contribution >= 0.6 is 23.1 Å². The molecule has 0 saturated carbocycles. The summed E-state index contributed by atoms with van der Waals surface area (Å²) in [6, 6.07) is 7.15. The molecule has 0 amide bonds. The molecular weight excluding hydrogens is 380 g/mol. The van der Waals surface area contributed by atoms with Gasteiger partial charge in [-0.1, -0.05) is 17.8 Å². The van der Waals surface area contributed by atoms with Crippen molar-refractivity contribution in [3.63, 3.8) is 0 Å². The van der Waals surface area contributed by atoms with Gasteiger partial charge in [-0.25, -0.2) is 12.7 Å². The minimum Gasteiger partial charge on any atom is -0.447 e. The maximum Gasteiger partial charge on any atom is 0.275 e. The Bertz CT molecular complexity index is 943. The standard InChI is InChI=1S/C15H18N4O3S3/c1-4-19-14(12-6-5-9-23-12)16-17-15(19)24-10-11-7-8-13(22-11)25(20,21)18(2)3/h5-9H,4,10H2,1-3H3. The zero-order chi connectivity index (χ0) is 18.0. The third kappa shape index (κ3) is 3.66. The molecule has 7 nitrogen and oxygen atoms in total. The number of rotatable bonds is 7. The largest absolute Gasteiger partial charge is 0.447 e. The third-order valence-electron chi connectivity index (χ3n) is 3.49. The lowest BCUT2D eigenvalue weighted by atomic mass is 10.4. The molecule has 25 heavy (non-hydrogen) atoms. The second kappa shape index (κ2) is 7.32. The highest BCUT2D eigenvalue weighted by Gasteiger charge is 2.22. The molecule has 0 atom stereocenters. The van der Waals surface area contributed by atoms with Crippen LogP contribution in [0.4, 0.5) is 0 Å². The van der Waals surface area contributed by atoms with Gasteiger partial charge in [0.2, 0.25) is 5.09 Å². The van der Waals surface area contributed by atoms with Crippen LogP contribution in [0.15, 0.2) is 44.3 Å². The Kier molecular flexibility index (Phi) is 5.32. The summed E-state index contributed by atoms with van der Waals surface area (Å²) in [7, 11) is -0.603. The quantitative estimate of drug-likeness (QED) is 0.569. The first-order chi connectivity index (χ1) is 11.9. The fourth-order valence-electron chi connectivity index (χ4n) is 2.16. The molecule has 10 heteroatoms. The molecular formula is C15H18N4O3S3. The van der Waals surface area contributed by atoms with E-state index >= 15 is 0 Å². The smallest absolute Gasteiger partial charge is 0.275 e. The summed E-state index contributed by atoms with van der Waals surface area (Å²) in [5.74, 6) is 1.90. The fourth-order valence-corrected chi connectivity index (χ4v) is 4.58. The minimum atomic E-state index is -3.55. The van der Waals surface area contributed by atoms with Gasteiger partial charge in [-0.15, -0.1) is 21.5 Å². The van der Waals surface area contributed by atoms with Crippen LogP contribution in [0.2, 0.25) is 0 Å². The Morgan fingerprint density at radius 2 is 2.08 bits per heavy atom. The molecule has 3 heterocycles. The van der Waals surface area contributed by atoms with Crippen molar-refractivity contribution in [2.45, 2.75) is 29.5 Å². The van der Waals surface area contributed by atoms with E-state index in [9.17, 15) is 8.42 Å². The zero-order valence-electron chi connectivity index (χ0n) is 14.0. The summed E-state index contributed by atoms with van der Waals surface area (Å²) in [6.07, 6.45) is 0. The predicted molar refractivity (Wildman–Crippen MR) is 98.2 cm³/mol. The molecule has 3 aromatic rings. The van der Waals surface area contributed by atoms with Crippen LogP contribution in [0.5, 0.6) is 0 Å². The second-order valence-corrected chi connectivity index (χ2v) is 9.30. The van der Waals surface area contributed by atoms with Crippen molar-refractivity contribution < 1.29 is 12.8 Å². The van der Waals surface area contributed by atoms with Gasteiger partial charge >= 0.3 is 0 Å². The van der Waals surface area contributed by atoms with Crippen LogP contribution in [-0.4, -0.2) is 41.6 Å². The van der Waals surface area contributed by atoms with Gasteiger partial charge in [-0.05, 0) is 30.5 Å². The van der Waals surface area contributed by atoms with Crippen LogP contribution < -0.4 is 0 Å². The van der Waals surface area contributed by atoms with Crippen molar-refractivity contribution in [2.24, 2.45) is 0 Å². The Labute approximate surface area is 154 Å². The van der Waals surface area contributed by atoms with Gasteiger partial charge < -0.3 is 8.98 Å². The summed E-state index contributed by atoms with van der Waals surface area (Å²) >= 11 is 3.09. The average Bonchev–Trinajstić information content (AvgIpc) is 3.31. The monoisotopic (exact) mass is 398 g/mol. The first-order valence-electron chi connectivity index (χ1n) is 7.54. The Morgan fingerprint density at radius 1 is 1.28 bits per heavy atom. The van der Waals surface area contributed by atoms with Crippen LogP contribution in [0.25, 0.3) is 10.7 Å². The van der Waals surface area contributed by atoms with Crippen molar-refractivity contribution in [2.75, 3.05) is 14.1 Å². The third-order valence-corrected chi connectivity index (χ3v) is 7.03. The molecule has 0 saturated heterocycles. The second-order valence-electron chi connectivity index (χ2n) is 5.32. The first kappa shape index (κ1) is 18.2. The number of hydrogen-bond acceptors (Lipinski definition) is 7. The molecule has 3 rings (SSSR count). The Balaban J connectivity index is 1.76. The predicted octanol–water partition coefficient (Wildman–Crippen LogP) is 3.16. The highest BCUT2D eigenvalue weighted by molar-refractivity contribution is 7.98. The van der Waals surface area contributed by atoms with E-state index in [0.29, 0.717) is 11.5 Å². The molecule has 0 aliphatic rings. The van der Waals surface area contributed by atoms with Crippen molar-refractivity contribution >= 4 is 33.1 Å². The summed E-state index contributed by atoms with van der Waals surface area (Å²) < 4.78 is 32.8. The van der Waals surface area contributed by atoms with E-state index in [0.717, 1.165) is 26.7 Å². The Morgan fingerprint density at radius 3 is 2.72 bits per heavy atom. The van der Waals surface area contributed by atoms with Gasteiger partial charge in [0.05, 0.1) is 10.6 Å². The summed E-state index contributed by atoms with van der Waals surface area (Å²) in [6.45, 7) is 2.79. The summed E-state index contributed by atoms with van der Waals surface area (Å²) in [5, 5.41) is 11.3. The number of hydrogen-bond donors (Lipinski definition) is 0. The van der Waals surface area contributed by atoms with Gasteiger partial charge in [0.1, 0.15) is 5.76 Å². The molecule has 0 aromatic carbocycles. The molecule has 0 fully saturated rings. The molecule has 0 N–H and O–H groups in total. The van der Waals surface area contributed by atoms with E-state index in [1.54, 1.807) is 17.4 Å². The highest BCUT2D eigenvalue weighted by Crippen LogP contribution is 2.29. The van der Waals surface area contributed by atoms with Crippen molar-refractivity contribution in [3.05, 3.63) is 35.4 Å². The lowest BCUT2D eigenvalue weighted by Gasteiger charge is -2.08. The van der Waals surface area contributed by atoms with Gasteiger partial charge in [0.25, 0.3) is 10.0 Å². The number of thiophene rings is 1. The van der Waals surface area contributed by atoms with Gasteiger partial charge in [-0.2, -0.15) is 0 Å². The van der Waals surface area contributed by atoms with E-state index in [-0.39, 0.29) is 5.09 Å². The molecule has 0 aliphatic carbocycles. The van der Waals surface area contributed by atoms with Crippen molar-refractivity contribution in [1.29, 1.82) is 0 Å². The van der Waals surface area contributed by atoms with Crippen LogP contribution in [0, 0.1) is 0 Å². The van der Waals surface area contributed by atoms with Crippen LogP contribution in [0.3, 0.4) is 0 Å². The van der Waals surface area contributed by atoms with Crippen LogP contribution in [0.1, 0.15) is 12.7 Å². The Hall–Kier alpha value is -1.62. The molecule has 0 radical (unpaired) electrons. The molecule has 0 aliphatic heterocycles. The topological polar surface area (TPSA) is 81.2 Å². The molecule has 0 bridgehead atoms. The van der Waals surface area contributed by atoms with E-state index in [2.05, 4.69) is 10.2 Å². The lowest BCUT2D eigenvalue weighted by molar-refractivity contribution is 0.408. The number of thioether (sulfide) groups is 1. The first-order valence-corrected chi connectivity index (χ1v) is 10.8. The van der Waals surface area contributed by atoms with Crippen molar-refractivity contribution in [1.82, 2.24) is 19.1 Å². The molecule has 0 unspecified atom stereocenters. The van der Waals surface area contributed by atoms with E-state index in [4.69, 9.17) is 4.42 Å². The number of aromatic nitrogens is 3. The minimum absolute atomic E-state index is 0.0515. The maximum absolute atomic E-state index is 12.1. The summed E-state index contributed by atoms with van der Waals surface area (Å²) in [5.41, 5.74) is 0. The summed E-state index contributed by atoms with van der Waals surface area (Å²) in [4.78, 5) is 1.07. The number of nitrogens with zero attached hydrogens (tertiary/aromatic N) is 4. The van der Waals surface area contributed by atoms with Crippen molar-refractivity contribution in [3.8, 4) is 10.7 Å². The zero-order valence-corrected chi connectivity index (χ0v) is 16.5. The van der Waals surface area contributed by atoms with Gasteiger partial charge in [-0.3, -0.25) is 0 Å². The lowest BCUT2D eigenvalue weighted by Crippen LogP contribution is -2.21. The van der Waals surface area contributed by atoms with Crippen LogP contribution in [-0.2, 0) is 22.3 Å². The highest BCUT2D eigenvalue weighted by atomic mass is 32.2. The normalized spacial score (nSPS) is 12.2. The average molecular weight is 399 g/mol. The van der Waals surface area contributed by atoms with E-state index in [1.165, 1.54) is 31.9 Å². The van der Waals surface area contributed by atoms with E-state index in [1.807, 2.05) is 29.0 Å². The van der Waals surface area contributed by atoms with E-state index < -0.39 is 10.0 Å². The number of sulfonamides is 1. The molecule has 3 aromatic heterocycles. The fraction of sp³-hybridized carbons (Fsp3) is 0.333.